The fourth-order valence-electron chi connectivity index (χ4n) is 2.03. The number of nitrogens with zero attached hydrogens (tertiary/aromatic N) is 2. The maximum absolute atomic E-state index is 11.6. The summed E-state index contributed by atoms with van der Waals surface area (Å²) in [7, 11) is 1.54. The Kier molecular flexibility index (Phi) is 5.58. The Labute approximate surface area is 103 Å². The van der Waals surface area contributed by atoms with Crippen molar-refractivity contribution in [2.75, 3.05) is 33.2 Å². The molecule has 0 aromatic heterocycles. The van der Waals surface area contributed by atoms with E-state index in [0.29, 0.717) is 6.42 Å². The van der Waals surface area contributed by atoms with E-state index in [2.05, 4.69) is 24.1 Å². The molecular weight excluding hydrogens is 218 g/mol. The van der Waals surface area contributed by atoms with Gasteiger partial charge in [-0.2, -0.15) is 0 Å². The van der Waals surface area contributed by atoms with E-state index in [-0.39, 0.29) is 17.9 Å². The first-order chi connectivity index (χ1) is 8.10. The van der Waals surface area contributed by atoms with E-state index < -0.39 is 0 Å². The van der Waals surface area contributed by atoms with E-state index >= 15 is 0 Å². The van der Waals surface area contributed by atoms with Crippen LogP contribution in [0, 0.1) is 0 Å². The van der Waals surface area contributed by atoms with Crippen molar-refractivity contribution in [3.63, 3.8) is 0 Å². The van der Waals surface area contributed by atoms with Gasteiger partial charge in [-0.15, -0.1) is 0 Å². The minimum atomic E-state index is -0.302. The van der Waals surface area contributed by atoms with Crippen LogP contribution in [0.1, 0.15) is 26.7 Å². The molecule has 1 N–H and O–H groups in total. The summed E-state index contributed by atoms with van der Waals surface area (Å²) in [6.45, 7) is 8.22. The van der Waals surface area contributed by atoms with Crippen LogP contribution in [-0.2, 0) is 9.59 Å². The monoisotopic (exact) mass is 241 g/mol. The lowest BCUT2D eigenvalue weighted by Crippen LogP contribution is -2.38. The summed E-state index contributed by atoms with van der Waals surface area (Å²) in [6, 6.07) is -0.302. The van der Waals surface area contributed by atoms with Crippen LogP contribution in [-0.4, -0.2) is 60.9 Å². The number of carbonyl (C=O) groups is 2. The van der Waals surface area contributed by atoms with Crippen molar-refractivity contribution >= 4 is 11.8 Å². The normalized spacial score (nSPS) is 20.7. The van der Waals surface area contributed by atoms with Crippen molar-refractivity contribution in [3.8, 4) is 0 Å². The second-order valence-corrected chi connectivity index (χ2v) is 4.38. The molecule has 5 nitrogen and oxygen atoms in total. The van der Waals surface area contributed by atoms with Crippen LogP contribution in [0.5, 0.6) is 0 Å². The molecule has 2 amide bonds. The summed E-state index contributed by atoms with van der Waals surface area (Å²) in [5, 5.41) is 3.16. The SMILES string of the molecule is CCN(CC)CCCNC1CC(=O)N(C)C1=O. The van der Waals surface area contributed by atoms with Gasteiger partial charge in [0.25, 0.3) is 0 Å². The van der Waals surface area contributed by atoms with Gasteiger partial charge in [0, 0.05) is 7.05 Å². The number of imide groups is 1. The average Bonchev–Trinajstić information content (AvgIpc) is 2.57. The molecule has 1 heterocycles. The summed E-state index contributed by atoms with van der Waals surface area (Å²) in [5.41, 5.74) is 0. The molecule has 1 atom stereocenters. The van der Waals surface area contributed by atoms with Gasteiger partial charge < -0.3 is 10.2 Å². The maximum atomic E-state index is 11.6. The van der Waals surface area contributed by atoms with Crippen LogP contribution in [0.3, 0.4) is 0 Å². The smallest absolute Gasteiger partial charge is 0.246 e. The maximum Gasteiger partial charge on any atom is 0.246 e. The van der Waals surface area contributed by atoms with Crippen LogP contribution < -0.4 is 5.32 Å². The first kappa shape index (κ1) is 14.1. The molecule has 0 saturated carbocycles. The number of hydrogen-bond acceptors (Lipinski definition) is 4. The third kappa shape index (κ3) is 3.78. The highest BCUT2D eigenvalue weighted by Crippen LogP contribution is 2.10. The molecule has 98 valence electrons. The number of hydrogen-bond donors (Lipinski definition) is 1. The van der Waals surface area contributed by atoms with E-state index in [0.717, 1.165) is 32.6 Å². The van der Waals surface area contributed by atoms with Crippen molar-refractivity contribution in [1.82, 2.24) is 15.1 Å². The van der Waals surface area contributed by atoms with Crippen LogP contribution in [0.15, 0.2) is 0 Å². The average molecular weight is 241 g/mol. The Morgan fingerprint density at radius 2 is 2.00 bits per heavy atom. The van der Waals surface area contributed by atoms with Gasteiger partial charge in [0.15, 0.2) is 0 Å². The first-order valence-electron chi connectivity index (χ1n) is 6.36. The lowest BCUT2D eigenvalue weighted by molar-refractivity contribution is -0.137. The Balaban J connectivity index is 2.19. The highest BCUT2D eigenvalue weighted by Gasteiger charge is 2.35. The molecule has 0 aliphatic carbocycles. The second kappa shape index (κ2) is 6.71. The summed E-state index contributed by atoms with van der Waals surface area (Å²) in [4.78, 5) is 26.4. The largest absolute Gasteiger partial charge is 0.305 e. The van der Waals surface area contributed by atoms with Gasteiger partial charge >= 0.3 is 0 Å². The minimum Gasteiger partial charge on any atom is -0.305 e. The van der Waals surface area contributed by atoms with Crippen LogP contribution in [0.2, 0.25) is 0 Å². The molecule has 0 aromatic carbocycles. The topological polar surface area (TPSA) is 52.7 Å². The zero-order valence-electron chi connectivity index (χ0n) is 11.0. The van der Waals surface area contributed by atoms with Gasteiger partial charge in [0.1, 0.15) is 0 Å². The number of likely N-dealkylation sites (N-methyl/N-ethyl adjacent to an activating group) is 1. The van der Waals surface area contributed by atoms with Crippen LogP contribution in [0.25, 0.3) is 0 Å². The summed E-state index contributed by atoms with van der Waals surface area (Å²) in [5.74, 6) is -0.186. The van der Waals surface area contributed by atoms with E-state index in [1.807, 2.05) is 0 Å². The van der Waals surface area contributed by atoms with Gasteiger partial charge in [-0.1, -0.05) is 13.8 Å². The molecule has 0 bridgehead atoms. The molecule has 5 heteroatoms. The molecular formula is C12H23N3O2. The molecule has 0 radical (unpaired) electrons. The van der Waals surface area contributed by atoms with Crippen molar-refractivity contribution in [2.45, 2.75) is 32.7 Å². The third-order valence-corrected chi connectivity index (χ3v) is 3.32. The molecule has 1 aliphatic rings. The Morgan fingerprint density at radius 1 is 1.35 bits per heavy atom. The quantitative estimate of drug-likeness (QED) is 0.506. The number of nitrogens with one attached hydrogen (secondary N) is 1. The molecule has 0 aromatic rings. The number of carbonyl (C=O) groups excluding carboxylic acids is 2. The molecule has 1 saturated heterocycles. The number of amides is 2. The molecule has 1 rings (SSSR count). The van der Waals surface area contributed by atoms with Crippen LogP contribution in [0.4, 0.5) is 0 Å². The Morgan fingerprint density at radius 3 is 2.47 bits per heavy atom. The minimum absolute atomic E-state index is 0.0868. The summed E-state index contributed by atoms with van der Waals surface area (Å²) >= 11 is 0. The van der Waals surface area contributed by atoms with E-state index in [1.165, 1.54) is 4.90 Å². The van der Waals surface area contributed by atoms with Crippen molar-refractivity contribution in [2.24, 2.45) is 0 Å². The van der Waals surface area contributed by atoms with Crippen molar-refractivity contribution in [3.05, 3.63) is 0 Å². The summed E-state index contributed by atoms with van der Waals surface area (Å²) < 4.78 is 0. The molecule has 0 spiro atoms. The zero-order chi connectivity index (χ0) is 12.8. The fourth-order valence-corrected chi connectivity index (χ4v) is 2.03. The second-order valence-electron chi connectivity index (χ2n) is 4.38. The molecule has 1 fully saturated rings. The van der Waals surface area contributed by atoms with Crippen LogP contribution >= 0.6 is 0 Å². The Hall–Kier alpha value is -0.940. The number of rotatable bonds is 7. The van der Waals surface area contributed by atoms with E-state index in [9.17, 15) is 9.59 Å². The third-order valence-electron chi connectivity index (χ3n) is 3.32. The molecule has 17 heavy (non-hydrogen) atoms. The highest BCUT2D eigenvalue weighted by molar-refractivity contribution is 6.05. The fraction of sp³-hybridized carbons (Fsp3) is 0.833. The summed E-state index contributed by atoms with van der Waals surface area (Å²) in [6.07, 6.45) is 1.31. The van der Waals surface area contributed by atoms with Gasteiger partial charge in [-0.25, -0.2) is 0 Å². The predicted molar refractivity (Wildman–Crippen MR) is 66.6 cm³/mol. The number of likely N-dealkylation sites (tertiary alicyclic amines) is 1. The molecule has 1 unspecified atom stereocenters. The lowest BCUT2D eigenvalue weighted by atomic mass is 10.2. The van der Waals surface area contributed by atoms with Gasteiger partial charge in [0.05, 0.1) is 12.5 Å². The van der Waals surface area contributed by atoms with Crippen molar-refractivity contribution < 1.29 is 9.59 Å². The van der Waals surface area contributed by atoms with Gasteiger partial charge in [0.2, 0.25) is 11.8 Å². The standard InChI is InChI=1S/C12H23N3O2/c1-4-15(5-2)8-6-7-13-10-9-11(16)14(3)12(10)17/h10,13H,4-9H2,1-3H3. The Bertz CT molecular complexity index is 277. The molecule has 1 aliphatic heterocycles. The lowest BCUT2D eigenvalue weighted by Gasteiger charge is -2.18. The van der Waals surface area contributed by atoms with E-state index in [4.69, 9.17) is 0 Å². The first-order valence-corrected chi connectivity index (χ1v) is 6.36. The van der Waals surface area contributed by atoms with Gasteiger partial charge in [-0.05, 0) is 32.6 Å². The van der Waals surface area contributed by atoms with Crippen molar-refractivity contribution in [1.29, 1.82) is 0 Å². The van der Waals surface area contributed by atoms with E-state index in [1.54, 1.807) is 7.05 Å². The zero-order valence-corrected chi connectivity index (χ0v) is 11.0. The van der Waals surface area contributed by atoms with Gasteiger partial charge in [-0.3, -0.25) is 14.5 Å². The predicted octanol–water partition coefficient (Wildman–Crippen LogP) is 0.0652. The highest BCUT2D eigenvalue weighted by atomic mass is 16.2.